The van der Waals surface area contributed by atoms with E-state index in [-0.39, 0.29) is 11.0 Å². The van der Waals surface area contributed by atoms with Crippen molar-refractivity contribution in [2.45, 2.75) is 24.3 Å². The van der Waals surface area contributed by atoms with Crippen LogP contribution in [0.5, 0.6) is 5.88 Å². The molecule has 1 unspecified atom stereocenters. The van der Waals surface area contributed by atoms with E-state index in [9.17, 15) is 8.42 Å². The summed E-state index contributed by atoms with van der Waals surface area (Å²) in [5.74, 6) is 0.528. The van der Waals surface area contributed by atoms with Crippen molar-refractivity contribution in [1.82, 2.24) is 9.29 Å². The molecule has 1 aromatic heterocycles. The molecule has 0 aliphatic carbocycles. The van der Waals surface area contributed by atoms with Crippen LogP contribution < -0.4 is 4.74 Å². The third-order valence-electron chi connectivity index (χ3n) is 3.71. The van der Waals surface area contributed by atoms with Gasteiger partial charge in [0, 0.05) is 23.3 Å². The van der Waals surface area contributed by atoms with Gasteiger partial charge in [-0.1, -0.05) is 17.7 Å². The summed E-state index contributed by atoms with van der Waals surface area (Å²) in [6, 6.07) is 11.7. The number of halogens is 1. The molecular weight excluding hydrogens is 336 g/mol. The van der Waals surface area contributed by atoms with Gasteiger partial charge < -0.3 is 4.74 Å². The van der Waals surface area contributed by atoms with Crippen molar-refractivity contribution in [3.8, 4) is 5.88 Å². The lowest BCUT2D eigenvalue weighted by Gasteiger charge is -2.17. The minimum absolute atomic E-state index is 0.189. The van der Waals surface area contributed by atoms with Crippen molar-refractivity contribution < 1.29 is 13.2 Å². The Labute approximate surface area is 140 Å². The molecule has 0 bridgehead atoms. The van der Waals surface area contributed by atoms with Gasteiger partial charge in [0.05, 0.1) is 11.4 Å². The van der Waals surface area contributed by atoms with Gasteiger partial charge in [0.25, 0.3) is 0 Å². The Hall–Kier alpha value is -1.63. The fourth-order valence-electron chi connectivity index (χ4n) is 2.52. The predicted octanol–water partition coefficient (Wildman–Crippen LogP) is 2.89. The molecule has 1 atom stereocenters. The van der Waals surface area contributed by atoms with Gasteiger partial charge in [-0.05, 0) is 43.7 Å². The first-order valence-electron chi connectivity index (χ1n) is 7.31. The molecule has 1 aliphatic rings. The maximum Gasteiger partial charge on any atom is 0.243 e. The number of sulfonamides is 1. The minimum atomic E-state index is -3.51. The molecule has 1 aromatic carbocycles. The van der Waals surface area contributed by atoms with Crippen molar-refractivity contribution in [2.24, 2.45) is 0 Å². The molecule has 0 amide bonds. The first-order valence-corrected chi connectivity index (χ1v) is 9.13. The number of aryl methyl sites for hydroxylation is 1. The van der Waals surface area contributed by atoms with Crippen molar-refractivity contribution in [1.29, 1.82) is 0 Å². The van der Waals surface area contributed by atoms with Crippen LogP contribution in [0.3, 0.4) is 0 Å². The van der Waals surface area contributed by atoms with Gasteiger partial charge in [0.2, 0.25) is 15.9 Å². The molecule has 1 aliphatic heterocycles. The van der Waals surface area contributed by atoms with E-state index in [1.807, 2.05) is 19.1 Å². The molecule has 2 aromatic rings. The van der Waals surface area contributed by atoms with Gasteiger partial charge in [-0.15, -0.1) is 0 Å². The highest BCUT2D eigenvalue weighted by Gasteiger charge is 2.33. The van der Waals surface area contributed by atoms with Gasteiger partial charge in [0.1, 0.15) is 6.10 Å². The molecule has 0 spiro atoms. The maximum atomic E-state index is 12.6. The number of pyridine rings is 1. The first-order chi connectivity index (χ1) is 10.9. The smallest absolute Gasteiger partial charge is 0.243 e. The van der Waals surface area contributed by atoms with Crippen LogP contribution in [-0.4, -0.2) is 36.9 Å². The van der Waals surface area contributed by atoms with Crippen molar-refractivity contribution >= 4 is 21.6 Å². The number of aromatic nitrogens is 1. The van der Waals surface area contributed by atoms with Crippen LogP contribution in [-0.2, 0) is 10.0 Å². The monoisotopic (exact) mass is 352 g/mol. The summed E-state index contributed by atoms with van der Waals surface area (Å²) in [5.41, 5.74) is 0.867. The highest BCUT2D eigenvalue weighted by molar-refractivity contribution is 7.89. The van der Waals surface area contributed by atoms with Crippen LogP contribution in [0, 0.1) is 6.92 Å². The number of rotatable bonds is 4. The molecule has 7 heteroatoms. The van der Waals surface area contributed by atoms with E-state index in [0.717, 1.165) is 5.69 Å². The lowest BCUT2D eigenvalue weighted by molar-refractivity contribution is 0.206. The maximum absolute atomic E-state index is 12.6. The van der Waals surface area contributed by atoms with E-state index in [0.29, 0.717) is 30.4 Å². The summed E-state index contributed by atoms with van der Waals surface area (Å²) in [4.78, 5) is 4.53. The van der Waals surface area contributed by atoms with Gasteiger partial charge in [0.15, 0.2) is 0 Å². The van der Waals surface area contributed by atoms with E-state index in [2.05, 4.69) is 4.98 Å². The Morgan fingerprint density at radius 2 is 1.96 bits per heavy atom. The molecular formula is C16H17ClN2O3S. The van der Waals surface area contributed by atoms with E-state index in [1.54, 1.807) is 18.2 Å². The molecule has 5 nitrogen and oxygen atoms in total. The Bertz CT molecular complexity index is 793. The first kappa shape index (κ1) is 16.2. The van der Waals surface area contributed by atoms with Crippen LogP contribution in [0.2, 0.25) is 5.02 Å². The number of ether oxygens (including phenoxy) is 1. The third kappa shape index (κ3) is 3.65. The second-order valence-electron chi connectivity index (χ2n) is 5.46. The average Bonchev–Trinajstić information content (AvgIpc) is 2.97. The minimum Gasteiger partial charge on any atom is -0.473 e. The Morgan fingerprint density at radius 3 is 2.65 bits per heavy atom. The predicted molar refractivity (Wildman–Crippen MR) is 88.2 cm³/mol. The summed E-state index contributed by atoms with van der Waals surface area (Å²) in [7, 11) is -3.51. The quantitative estimate of drug-likeness (QED) is 0.849. The molecule has 2 heterocycles. The number of hydrogen-bond acceptors (Lipinski definition) is 4. The zero-order chi connectivity index (χ0) is 16.4. The zero-order valence-corrected chi connectivity index (χ0v) is 14.2. The normalized spacial score (nSPS) is 19.0. The van der Waals surface area contributed by atoms with Crippen LogP contribution in [0.15, 0.2) is 47.4 Å². The fourth-order valence-corrected chi connectivity index (χ4v) is 4.13. The van der Waals surface area contributed by atoms with Crippen molar-refractivity contribution in [2.75, 3.05) is 13.1 Å². The number of hydrogen-bond donors (Lipinski definition) is 0. The van der Waals surface area contributed by atoms with E-state index < -0.39 is 10.0 Å². The highest BCUT2D eigenvalue weighted by Crippen LogP contribution is 2.24. The van der Waals surface area contributed by atoms with Gasteiger partial charge in [-0.2, -0.15) is 4.31 Å². The number of nitrogens with zero attached hydrogens (tertiary/aromatic N) is 2. The average molecular weight is 353 g/mol. The summed E-state index contributed by atoms with van der Waals surface area (Å²) in [5, 5.41) is 0.511. The van der Waals surface area contributed by atoms with Gasteiger partial charge >= 0.3 is 0 Å². The van der Waals surface area contributed by atoms with Gasteiger partial charge in [-0.25, -0.2) is 13.4 Å². The van der Waals surface area contributed by atoms with Gasteiger partial charge in [-0.3, -0.25) is 0 Å². The van der Waals surface area contributed by atoms with E-state index >= 15 is 0 Å². The van der Waals surface area contributed by atoms with E-state index in [1.165, 1.54) is 16.4 Å². The number of benzene rings is 1. The molecule has 0 saturated carbocycles. The van der Waals surface area contributed by atoms with Crippen LogP contribution in [0.4, 0.5) is 0 Å². The van der Waals surface area contributed by atoms with Crippen molar-refractivity contribution in [3.63, 3.8) is 0 Å². The molecule has 0 N–H and O–H groups in total. The van der Waals surface area contributed by atoms with Crippen molar-refractivity contribution in [3.05, 3.63) is 53.2 Å². The Morgan fingerprint density at radius 1 is 1.22 bits per heavy atom. The second-order valence-corrected chi connectivity index (χ2v) is 7.84. The topological polar surface area (TPSA) is 59.5 Å². The van der Waals surface area contributed by atoms with Crippen LogP contribution in [0.1, 0.15) is 12.1 Å². The second kappa shape index (κ2) is 6.47. The Balaban J connectivity index is 1.70. The molecule has 1 fully saturated rings. The summed E-state index contributed by atoms with van der Waals surface area (Å²) in [6.07, 6.45) is 0.453. The SMILES string of the molecule is Cc1cccc(OC2CCN(S(=O)(=O)c3ccc(Cl)cc3)C2)n1. The lowest BCUT2D eigenvalue weighted by Crippen LogP contribution is -2.31. The summed E-state index contributed by atoms with van der Waals surface area (Å²) < 4.78 is 32.5. The molecule has 122 valence electrons. The molecule has 1 saturated heterocycles. The highest BCUT2D eigenvalue weighted by atomic mass is 35.5. The lowest BCUT2D eigenvalue weighted by atomic mass is 10.3. The molecule has 0 radical (unpaired) electrons. The molecule has 3 rings (SSSR count). The zero-order valence-electron chi connectivity index (χ0n) is 12.6. The van der Waals surface area contributed by atoms with Crippen LogP contribution >= 0.6 is 11.6 Å². The summed E-state index contributed by atoms with van der Waals surface area (Å²) in [6.45, 7) is 2.64. The summed E-state index contributed by atoms with van der Waals surface area (Å²) >= 11 is 5.81. The van der Waals surface area contributed by atoms with Crippen LogP contribution in [0.25, 0.3) is 0 Å². The third-order valence-corrected chi connectivity index (χ3v) is 5.84. The standard InChI is InChI=1S/C16H17ClN2O3S/c1-12-3-2-4-16(18-12)22-14-9-10-19(11-14)23(20,21)15-7-5-13(17)6-8-15/h2-8,14H,9-11H2,1H3. The fraction of sp³-hybridized carbons (Fsp3) is 0.312. The Kier molecular flexibility index (Phi) is 4.57. The largest absolute Gasteiger partial charge is 0.473 e. The van der Waals surface area contributed by atoms with E-state index in [4.69, 9.17) is 16.3 Å². The molecule has 23 heavy (non-hydrogen) atoms.